The van der Waals surface area contributed by atoms with Crippen LogP contribution in [0, 0.1) is 5.92 Å². The molecule has 0 aliphatic carbocycles. The van der Waals surface area contributed by atoms with E-state index in [0.29, 0.717) is 18.4 Å². The summed E-state index contributed by atoms with van der Waals surface area (Å²) >= 11 is 0. The summed E-state index contributed by atoms with van der Waals surface area (Å²) in [6.07, 6.45) is 0. The first-order valence-electron chi connectivity index (χ1n) is 7.45. The van der Waals surface area contributed by atoms with Crippen molar-refractivity contribution in [2.75, 3.05) is 18.4 Å². The van der Waals surface area contributed by atoms with Crippen LogP contribution < -0.4 is 5.32 Å². The van der Waals surface area contributed by atoms with Gasteiger partial charge < -0.3 is 10.2 Å². The monoisotopic (exact) mass is 290 g/mol. The minimum Gasteiger partial charge on any atom is -0.333 e. The first-order valence-corrected chi connectivity index (χ1v) is 7.45. The number of carbonyl (C=O) groups excluding carboxylic acids is 2. The van der Waals surface area contributed by atoms with Crippen LogP contribution in [0.1, 0.15) is 46.1 Å². The smallest absolute Gasteiger partial charge is 0.243 e. The van der Waals surface area contributed by atoms with E-state index in [1.807, 2.05) is 38.1 Å². The first kappa shape index (κ1) is 17.2. The number of amides is 2. The number of nitrogens with zero attached hydrogens (tertiary/aromatic N) is 1. The number of anilines is 1. The maximum atomic E-state index is 12.0. The molecule has 0 bridgehead atoms. The molecular formula is C17H26N2O2. The highest BCUT2D eigenvalue weighted by atomic mass is 16.2. The Morgan fingerprint density at radius 2 is 1.67 bits per heavy atom. The fourth-order valence-electron chi connectivity index (χ4n) is 2.07. The van der Waals surface area contributed by atoms with Gasteiger partial charge in [-0.15, -0.1) is 0 Å². The molecule has 1 N–H and O–H groups in total. The van der Waals surface area contributed by atoms with Gasteiger partial charge in [0.25, 0.3) is 0 Å². The van der Waals surface area contributed by atoms with Crippen molar-refractivity contribution in [1.82, 2.24) is 4.90 Å². The van der Waals surface area contributed by atoms with E-state index >= 15 is 0 Å². The van der Waals surface area contributed by atoms with Crippen molar-refractivity contribution in [3.8, 4) is 0 Å². The van der Waals surface area contributed by atoms with E-state index < -0.39 is 0 Å². The SMILES string of the molecule is CC(=O)N(CC(=O)Nc1ccc(C(C)C)cc1)CC(C)C. The van der Waals surface area contributed by atoms with Crippen LogP contribution in [0.3, 0.4) is 0 Å². The number of hydrogen-bond acceptors (Lipinski definition) is 2. The van der Waals surface area contributed by atoms with Gasteiger partial charge in [-0.3, -0.25) is 9.59 Å². The third-order valence-corrected chi connectivity index (χ3v) is 3.23. The van der Waals surface area contributed by atoms with Gasteiger partial charge in [-0.25, -0.2) is 0 Å². The molecule has 1 aromatic carbocycles. The molecule has 116 valence electrons. The summed E-state index contributed by atoms with van der Waals surface area (Å²) in [5.41, 5.74) is 2.00. The molecule has 2 amide bonds. The average molecular weight is 290 g/mol. The topological polar surface area (TPSA) is 49.4 Å². The van der Waals surface area contributed by atoms with Crippen molar-refractivity contribution in [2.45, 2.75) is 40.5 Å². The van der Waals surface area contributed by atoms with Gasteiger partial charge in [0.05, 0.1) is 6.54 Å². The van der Waals surface area contributed by atoms with Crippen LogP contribution in [-0.2, 0) is 9.59 Å². The van der Waals surface area contributed by atoms with Crippen molar-refractivity contribution in [3.63, 3.8) is 0 Å². The van der Waals surface area contributed by atoms with Gasteiger partial charge >= 0.3 is 0 Å². The lowest BCUT2D eigenvalue weighted by Crippen LogP contribution is -2.38. The molecule has 0 heterocycles. The lowest BCUT2D eigenvalue weighted by Gasteiger charge is -2.22. The predicted octanol–water partition coefficient (Wildman–Crippen LogP) is 3.25. The normalized spacial score (nSPS) is 10.8. The Balaban J connectivity index is 2.61. The second-order valence-electron chi connectivity index (χ2n) is 6.12. The van der Waals surface area contributed by atoms with E-state index in [2.05, 4.69) is 19.2 Å². The van der Waals surface area contributed by atoms with Crippen LogP contribution in [0.25, 0.3) is 0 Å². The molecule has 0 aliphatic heterocycles. The number of rotatable bonds is 6. The number of nitrogens with one attached hydrogen (secondary N) is 1. The van der Waals surface area contributed by atoms with Crippen LogP contribution in [-0.4, -0.2) is 29.8 Å². The Kier molecular flexibility index (Phi) is 6.40. The minimum absolute atomic E-state index is 0.0750. The molecule has 4 heteroatoms. The van der Waals surface area contributed by atoms with Crippen molar-refractivity contribution in [1.29, 1.82) is 0 Å². The van der Waals surface area contributed by atoms with E-state index in [0.717, 1.165) is 5.69 Å². The summed E-state index contributed by atoms with van der Waals surface area (Å²) in [5.74, 6) is 0.568. The van der Waals surface area contributed by atoms with Crippen LogP contribution in [0.4, 0.5) is 5.69 Å². The molecule has 0 aliphatic rings. The van der Waals surface area contributed by atoms with E-state index in [1.165, 1.54) is 12.5 Å². The molecule has 0 saturated heterocycles. The van der Waals surface area contributed by atoms with E-state index in [9.17, 15) is 9.59 Å². The van der Waals surface area contributed by atoms with Crippen molar-refractivity contribution in [3.05, 3.63) is 29.8 Å². The Bertz CT molecular complexity index is 478. The first-order chi connectivity index (χ1) is 9.79. The minimum atomic E-state index is -0.164. The van der Waals surface area contributed by atoms with Gasteiger partial charge in [0.1, 0.15) is 0 Å². The predicted molar refractivity (Wildman–Crippen MR) is 86.3 cm³/mol. The Morgan fingerprint density at radius 3 is 2.10 bits per heavy atom. The summed E-state index contributed by atoms with van der Waals surface area (Å²) < 4.78 is 0. The molecule has 0 spiro atoms. The molecule has 0 radical (unpaired) electrons. The summed E-state index contributed by atoms with van der Waals surface area (Å²) in [7, 11) is 0. The largest absolute Gasteiger partial charge is 0.333 e. The number of carbonyl (C=O) groups is 2. The molecule has 1 rings (SSSR count). The molecule has 0 unspecified atom stereocenters. The molecular weight excluding hydrogens is 264 g/mol. The third-order valence-electron chi connectivity index (χ3n) is 3.23. The van der Waals surface area contributed by atoms with Crippen LogP contribution in [0.15, 0.2) is 24.3 Å². The van der Waals surface area contributed by atoms with Crippen LogP contribution >= 0.6 is 0 Å². The summed E-state index contributed by atoms with van der Waals surface area (Å²) in [5, 5.41) is 2.83. The molecule has 21 heavy (non-hydrogen) atoms. The second kappa shape index (κ2) is 7.81. The van der Waals surface area contributed by atoms with Crippen molar-refractivity contribution < 1.29 is 9.59 Å². The highest BCUT2D eigenvalue weighted by Crippen LogP contribution is 2.17. The standard InChI is InChI=1S/C17H26N2O2/c1-12(2)10-19(14(5)20)11-17(21)18-16-8-6-15(7-9-16)13(3)4/h6-9,12-13H,10-11H2,1-5H3,(H,18,21). The van der Waals surface area contributed by atoms with Gasteiger partial charge in [0, 0.05) is 19.2 Å². The van der Waals surface area contributed by atoms with Crippen LogP contribution in [0.2, 0.25) is 0 Å². The van der Waals surface area contributed by atoms with Crippen molar-refractivity contribution in [2.24, 2.45) is 5.92 Å². The highest BCUT2D eigenvalue weighted by Gasteiger charge is 2.15. The maximum absolute atomic E-state index is 12.0. The second-order valence-corrected chi connectivity index (χ2v) is 6.12. The number of benzene rings is 1. The third kappa shape index (κ3) is 5.98. The fraction of sp³-hybridized carbons (Fsp3) is 0.529. The lowest BCUT2D eigenvalue weighted by molar-refractivity contribution is -0.133. The molecule has 0 fully saturated rings. The van der Waals surface area contributed by atoms with Crippen molar-refractivity contribution >= 4 is 17.5 Å². The number of hydrogen-bond donors (Lipinski definition) is 1. The zero-order valence-corrected chi connectivity index (χ0v) is 13.6. The average Bonchev–Trinajstić information content (AvgIpc) is 2.37. The maximum Gasteiger partial charge on any atom is 0.243 e. The molecule has 0 atom stereocenters. The molecule has 4 nitrogen and oxygen atoms in total. The van der Waals surface area contributed by atoms with Gasteiger partial charge in [0.2, 0.25) is 11.8 Å². The summed E-state index contributed by atoms with van der Waals surface area (Å²) in [6.45, 7) is 10.5. The molecule has 0 aromatic heterocycles. The van der Waals surface area contributed by atoms with Gasteiger partial charge in [-0.05, 0) is 29.5 Å². The fourth-order valence-corrected chi connectivity index (χ4v) is 2.07. The van der Waals surface area contributed by atoms with Gasteiger partial charge in [-0.1, -0.05) is 39.8 Å². The van der Waals surface area contributed by atoms with E-state index in [1.54, 1.807) is 4.90 Å². The van der Waals surface area contributed by atoms with Gasteiger partial charge in [-0.2, -0.15) is 0 Å². The Hall–Kier alpha value is -1.84. The van der Waals surface area contributed by atoms with E-state index in [-0.39, 0.29) is 18.4 Å². The summed E-state index contributed by atoms with van der Waals surface area (Å²) in [4.78, 5) is 25.1. The quantitative estimate of drug-likeness (QED) is 0.874. The Labute approximate surface area is 127 Å². The lowest BCUT2D eigenvalue weighted by atomic mass is 10.0. The summed E-state index contributed by atoms with van der Waals surface area (Å²) in [6, 6.07) is 7.82. The molecule has 0 saturated carbocycles. The highest BCUT2D eigenvalue weighted by molar-refractivity contribution is 5.94. The zero-order valence-electron chi connectivity index (χ0n) is 13.6. The molecule has 1 aromatic rings. The van der Waals surface area contributed by atoms with Crippen LogP contribution in [0.5, 0.6) is 0 Å². The zero-order chi connectivity index (χ0) is 16.0. The van der Waals surface area contributed by atoms with Gasteiger partial charge in [0.15, 0.2) is 0 Å². The van der Waals surface area contributed by atoms with E-state index in [4.69, 9.17) is 0 Å². The Morgan fingerprint density at radius 1 is 1.10 bits per heavy atom.